The first-order chi connectivity index (χ1) is 5.16. The summed E-state index contributed by atoms with van der Waals surface area (Å²) in [6.45, 7) is 3.34. The molecule has 1 fully saturated rings. The van der Waals surface area contributed by atoms with Crippen LogP contribution in [-0.4, -0.2) is 40.8 Å². The molecular weight excluding hydrogens is 168 g/mol. The molecule has 0 saturated carbocycles. The zero-order valence-corrected chi connectivity index (χ0v) is 6.97. The minimum atomic E-state index is -0.625. The predicted molar refractivity (Wildman–Crippen MR) is 39.8 cm³/mol. The number of hydrogen-bond donors (Lipinski definition) is 0. The van der Waals surface area contributed by atoms with Crippen molar-refractivity contribution in [3.05, 3.63) is 0 Å². The van der Waals surface area contributed by atoms with Crippen LogP contribution >= 0.6 is 11.8 Å². The standard InChI is InChI=1S/C6H9ClN2O2/c1-2-8-3-4-9(7)6(11)5(8)10/h2-4H2,1H3. The minimum absolute atomic E-state index is 0.417. The van der Waals surface area contributed by atoms with Gasteiger partial charge in [0.2, 0.25) is 0 Å². The van der Waals surface area contributed by atoms with E-state index in [4.69, 9.17) is 11.8 Å². The zero-order chi connectivity index (χ0) is 8.43. The van der Waals surface area contributed by atoms with Gasteiger partial charge in [0.1, 0.15) is 0 Å². The molecule has 11 heavy (non-hydrogen) atoms. The van der Waals surface area contributed by atoms with Crippen molar-refractivity contribution in [3.8, 4) is 0 Å². The summed E-state index contributed by atoms with van der Waals surface area (Å²) >= 11 is 5.42. The van der Waals surface area contributed by atoms with E-state index in [-0.39, 0.29) is 0 Å². The highest BCUT2D eigenvalue weighted by atomic mass is 35.5. The van der Waals surface area contributed by atoms with Crippen LogP contribution in [0.25, 0.3) is 0 Å². The van der Waals surface area contributed by atoms with E-state index >= 15 is 0 Å². The minimum Gasteiger partial charge on any atom is -0.333 e. The third-order valence-corrected chi connectivity index (χ3v) is 1.96. The van der Waals surface area contributed by atoms with Gasteiger partial charge < -0.3 is 4.90 Å². The number of halogens is 1. The topological polar surface area (TPSA) is 40.6 Å². The molecule has 0 bridgehead atoms. The van der Waals surface area contributed by atoms with Crippen molar-refractivity contribution in [2.45, 2.75) is 6.92 Å². The summed E-state index contributed by atoms with van der Waals surface area (Å²) in [5.74, 6) is -1.13. The van der Waals surface area contributed by atoms with Crippen LogP contribution in [0.1, 0.15) is 6.92 Å². The van der Waals surface area contributed by atoms with Crippen LogP contribution in [0.3, 0.4) is 0 Å². The number of amides is 2. The Labute approximate surface area is 69.8 Å². The third-order valence-electron chi connectivity index (χ3n) is 1.64. The monoisotopic (exact) mass is 176 g/mol. The van der Waals surface area contributed by atoms with Crippen LogP contribution in [0.5, 0.6) is 0 Å². The Balaban J connectivity index is 2.67. The maximum Gasteiger partial charge on any atom is 0.326 e. The van der Waals surface area contributed by atoms with Gasteiger partial charge in [-0.2, -0.15) is 0 Å². The molecule has 1 aliphatic heterocycles. The number of carbonyl (C=O) groups is 2. The Morgan fingerprint density at radius 2 is 2.00 bits per heavy atom. The quantitative estimate of drug-likeness (QED) is 0.411. The van der Waals surface area contributed by atoms with Crippen LogP contribution in [-0.2, 0) is 9.59 Å². The Kier molecular flexibility index (Phi) is 2.34. The summed E-state index contributed by atoms with van der Waals surface area (Å²) in [5.41, 5.74) is 0. The highest BCUT2D eigenvalue weighted by Crippen LogP contribution is 2.06. The fourth-order valence-electron chi connectivity index (χ4n) is 0.952. The average molecular weight is 177 g/mol. The van der Waals surface area contributed by atoms with Crippen LogP contribution < -0.4 is 0 Å². The number of piperazine rings is 1. The second-order valence-corrected chi connectivity index (χ2v) is 2.68. The van der Waals surface area contributed by atoms with E-state index in [1.54, 1.807) is 0 Å². The second kappa shape index (κ2) is 3.09. The molecule has 0 radical (unpaired) electrons. The fraction of sp³-hybridized carbons (Fsp3) is 0.667. The molecule has 0 spiro atoms. The van der Waals surface area contributed by atoms with Gasteiger partial charge in [-0.25, -0.2) is 4.42 Å². The van der Waals surface area contributed by atoms with E-state index in [9.17, 15) is 9.59 Å². The number of carbonyl (C=O) groups excluding carboxylic acids is 2. The van der Waals surface area contributed by atoms with Crippen molar-refractivity contribution in [1.82, 2.24) is 9.32 Å². The van der Waals surface area contributed by atoms with Gasteiger partial charge in [-0.05, 0) is 6.92 Å². The molecule has 0 aromatic carbocycles. The Morgan fingerprint density at radius 1 is 1.36 bits per heavy atom. The van der Waals surface area contributed by atoms with E-state index in [1.165, 1.54) is 4.90 Å². The highest BCUT2D eigenvalue weighted by molar-refractivity contribution is 6.42. The normalized spacial score (nSPS) is 19.5. The number of rotatable bonds is 1. The lowest BCUT2D eigenvalue weighted by molar-refractivity contribution is -0.152. The first-order valence-corrected chi connectivity index (χ1v) is 3.77. The van der Waals surface area contributed by atoms with E-state index in [1.807, 2.05) is 6.92 Å². The summed E-state index contributed by atoms with van der Waals surface area (Å²) < 4.78 is 0.925. The van der Waals surface area contributed by atoms with E-state index in [0.29, 0.717) is 19.6 Å². The van der Waals surface area contributed by atoms with Crippen molar-refractivity contribution in [2.24, 2.45) is 0 Å². The Hall–Kier alpha value is -0.770. The van der Waals surface area contributed by atoms with Crippen LogP contribution in [0.2, 0.25) is 0 Å². The van der Waals surface area contributed by atoms with Gasteiger partial charge >= 0.3 is 11.8 Å². The molecule has 0 unspecified atom stereocenters. The zero-order valence-electron chi connectivity index (χ0n) is 6.21. The lowest BCUT2D eigenvalue weighted by Crippen LogP contribution is -2.50. The molecule has 0 aliphatic carbocycles. The molecule has 1 heterocycles. The summed E-state index contributed by atoms with van der Waals surface area (Å²) in [7, 11) is 0. The molecule has 0 aromatic heterocycles. The lowest BCUT2D eigenvalue weighted by Gasteiger charge is -2.28. The van der Waals surface area contributed by atoms with Gasteiger partial charge in [0, 0.05) is 24.9 Å². The molecule has 0 aromatic rings. The summed E-state index contributed by atoms with van der Waals surface area (Å²) in [4.78, 5) is 23.4. The molecule has 0 atom stereocenters. The summed E-state index contributed by atoms with van der Waals surface area (Å²) in [6, 6.07) is 0. The number of nitrogens with zero attached hydrogens (tertiary/aromatic N) is 2. The highest BCUT2D eigenvalue weighted by Gasteiger charge is 2.30. The largest absolute Gasteiger partial charge is 0.333 e. The van der Waals surface area contributed by atoms with Crippen molar-refractivity contribution in [1.29, 1.82) is 0 Å². The van der Waals surface area contributed by atoms with Crippen LogP contribution in [0.15, 0.2) is 0 Å². The van der Waals surface area contributed by atoms with Crippen molar-refractivity contribution in [3.63, 3.8) is 0 Å². The first-order valence-electron chi connectivity index (χ1n) is 3.43. The molecular formula is C6H9ClN2O2. The van der Waals surface area contributed by atoms with Gasteiger partial charge in [0.25, 0.3) is 0 Å². The molecule has 4 nitrogen and oxygen atoms in total. The molecule has 5 heteroatoms. The second-order valence-electron chi connectivity index (χ2n) is 2.28. The van der Waals surface area contributed by atoms with Crippen molar-refractivity contribution >= 4 is 23.6 Å². The maximum absolute atomic E-state index is 11.0. The first kappa shape index (κ1) is 8.33. The average Bonchev–Trinajstić information content (AvgIpc) is 2.01. The van der Waals surface area contributed by atoms with Crippen LogP contribution in [0.4, 0.5) is 0 Å². The Morgan fingerprint density at radius 3 is 2.55 bits per heavy atom. The molecule has 1 saturated heterocycles. The van der Waals surface area contributed by atoms with Gasteiger partial charge in [0.15, 0.2) is 0 Å². The smallest absolute Gasteiger partial charge is 0.326 e. The van der Waals surface area contributed by atoms with E-state index < -0.39 is 11.8 Å². The fourth-order valence-corrected chi connectivity index (χ4v) is 1.10. The third kappa shape index (κ3) is 1.45. The van der Waals surface area contributed by atoms with Gasteiger partial charge in [0.05, 0.1) is 6.54 Å². The molecule has 1 rings (SSSR count). The summed E-state index contributed by atoms with van der Waals surface area (Å²) in [6.07, 6.45) is 0. The SMILES string of the molecule is CCN1CCN(Cl)C(=O)C1=O. The predicted octanol–water partition coefficient (Wildman–Crippen LogP) is -0.169. The van der Waals surface area contributed by atoms with Gasteiger partial charge in [-0.3, -0.25) is 9.59 Å². The number of hydrogen-bond acceptors (Lipinski definition) is 2. The van der Waals surface area contributed by atoms with Crippen molar-refractivity contribution in [2.75, 3.05) is 19.6 Å². The molecule has 0 N–H and O–H groups in total. The maximum atomic E-state index is 11.0. The van der Waals surface area contributed by atoms with Gasteiger partial charge in [-0.1, -0.05) is 0 Å². The molecule has 1 aliphatic rings. The van der Waals surface area contributed by atoms with Crippen molar-refractivity contribution < 1.29 is 9.59 Å². The lowest BCUT2D eigenvalue weighted by atomic mass is 10.3. The molecule has 2 amide bonds. The number of likely N-dealkylation sites (N-methyl/N-ethyl adjacent to an activating group) is 1. The summed E-state index contributed by atoms with van der Waals surface area (Å²) in [5, 5.41) is 0. The van der Waals surface area contributed by atoms with E-state index in [2.05, 4.69) is 0 Å². The van der Waals surface area contributed by atoms with Crippen LogP contribution in [0, 0.1) is 0 Å². The van der Waals surface area contributed by atoms with Gasteiger partial charge in [-0.15, -0.1) is 0 Å². The molecule has 62 valence electrons. The Bertz CT molecular complexity index is 195. The van der Waals surface area contributed by atoms with E-state index in [0.717, 1.165) is 4.42 Å².